The first-order valence-corrected chi connectivity index (χ1v) is 4.92. The summed E-state index contributed by atoms with van der Waals surface area (Å²) in [6.07, 6.45) is 1.79. The van der Waals surface area contributed by atoms with Crippen molar-refractivity contribution in [1.82, 2.24) is 0 Å². The molecule has 0 rings (SSSR count). The zero-order valence-electron chi connectivity index (χ0n) is 5.21. The summed E-state index contributed by atoms with van der Waals surface area (Å²) in [7, 11) is -10.7. The van der Waals surface area contributed by atoms with Crippen molar-refractivity contribution in [2.24, 2.45) is 0 Å². The molecule has 0 aliphatic heterocycles. The Morgan fingerprint density at radius 3 is 1.18 bits per heavy atom. The number of rotatable bonds is 1. The molecule has 0 aliphatic carbocycles. The molecule has 0 unspecified atom stereocenters. The monoisotopic (exact) mass is 220 g/mol. The molecule has 0 spiro atoms. The van der Waals surface area contributed by atoms with Crippen LogP contribution in [0.2, 0.25) is 0 Å². The third-order valence-electron chi connectivity index (χ3n) is 0.144. The van der Waals surface area contributed by atoms with Gasteiger partial charge in [0.25, 0.3) is 0 Å². The van der Waals surface area contributed by atoms with E-state index >= 15 is 0 Å². The van der Waals surface area contributed by atoms with Crippen molar-refractivity contribution in [3.8, 4) is 0 Å². The Hall–Kier alpha value is 0.1000. The summed E-state index contributed by atoms with van der Waals surface area (Å²) in [5.41, 5.74) is 0. The molecule has 0 bridgehead atoms. The zero-order valence-corrected chi connectivity index (χ0v) is 7.10. The molecule has 0 atom stereocenters. The molecule has 0 heterocycles. The van der Waals surface area contributed by atoms with Crippen LogP contribution in [0.25, 0.3) is 0 Å². The van der Waals surface area contributed by atoms with Crippen molar-refractivity contribution in [3.63, 3.8) is 0 Å². The first kappa shape index (κ1) is 13.7. The van der Waals surface area contributed by atoms with Crippen LogP contribution in [0.3, 0.4) is 0 Å². The van der Waals surface area contributed by atoms with E-state index in [9.17, 15) is 25.2 Å². The fourth-order valence-electron chi connectivity index (χ4n) is 0. The Kier molecular flexibility index (Phi) is 3.56. The van der Waals surface area contributed by atoms with Crippen LogP contribution in [0, 0.1) is 0 Å². The molecular weight excluding hydrogens is 213 g/mol. The van der Waals surface area contributed by atoms with E-state index in [-0.39, 0.29) is 0 Å². The fourth-order valence-corrected chi connectivity index (χ4v) is 0. The first-order valence-electron chi connectivity index (χ1n) is 2.18. The van der Waals surface area contributed by atoms with Gasteiger partial charge in [-0.05, 0) is 18.7 Å². The molecule has 0 N–H and O–H groups in total. The molecule has 0 aromatic heterocycles. The second kappa shape index (κ2) is 2.86. The van der Waals surface area contributed by atoms with E-state index < -0.39 is 7.81 Å². The second-order valence-corrected chi connectivity index (χ2v) is 3.78. The van der Waals surface area contributed by atoms with Gasteiger partial charge in [-0.3, -0.25) is 0 Å². The van der Waals surface area contributed by atoms with Crippen LogP contribution in [0.15, 0.2) is 12.7 Å². The average molecular weight is 220 g/mol. The second-order valence-electron chi connectivity index (χ2n) is 1.45. The number of halogens is 6. The summed E-state index contributed by atoms with van der Waals surface area (Å²) in [6, 6.07) is 0. The molecule has 11 heavy (non-hydrogen) atoms. The average Bonchev–Trinajstić information content (AvgIpc) is 1.57. The predicted octanol–water partition coefficient (Wildman–Crippen LogP) is 3.57. The molecule has 0 saturated carbocycles. The van der Waals surface area contributed by atoms with Gasteiger partial charge < -0.3 is 0 Å². The molecule has 0 amide bonds. The van der Waals surface area contributed by atoms with Gasteiger partial charge in [0.1, 0.15) is 5.75 Å². The Labute approximate surface area is 64.9 Å². The van der Waals surface area contributed by atoms with E-state index in [0.717, 1.165) is 5.75 Å². The third kappa shape index (κ3) is 548. The van der Waals surface area contributed by atoms with Crippen LogP contribution >= 0.6 is 7.81 Å². The predicted molar refractivity (Wildman–Crippen MR) is 38.8 cm³/mol. The third-order valence-corrected chi connectivity index (χ3v) is 0.433. The maximum atomic E-state index is 9.87. The first-order chi connectivity index (χ1) is 4.36. The van der Waals surface area contributed by atoms with Gasteiger partial charge >= 0.3 is 33.0 Å². The van der Waals surface area contributed by atoms with Gasteiger partial charge in [0.15, 0.2) is 0 Å². The van der Waals surface area contributed by atoms with Crippen molar-refractivity contribution >= 4 is 20.4 Å². The van der Waals surface area contributed by atoms with E-state index in [4.69, 9.17) is 0 Å². The molecule has 0 aromatic rings. The van der Waals surface area contributed by atoms with Crippen LogP contribution in [0.5, 0.6) is 0 Å². The van der Waals surface area contributed by atoms with E-state index in [1.54, 1.807) is 6.08 Å². The van der Waals surface area contributed by atoms with Crippen molar-refractivity contribution in [1.29, 1.82) is 0 Å². The van der Waals surface area contributed by atoms with Crippen LogP contribution in [0.4, 0.5) is 25.2 Å². The summed E-state index contributed by atoms with van der Waals surface area (Å²) >= 11 is 3.17. The Bertz CT molecular complexity index is 119. The summed E-state index contributed by atoms with van der Waals surface area (Å²) in [4.78, 5) is 0. The molecule has 0 aliphatic rings. The molecule has 8 heteroatoms. The topological polar surface area (TPSA) is 0 Å². The van der Waals surface area contributed by atoms with Gasteiger partial charge in [0.2, 0.25) is 0 Å². The minimum absolute atomic E-state index is 0.889. The summed E-state index contributed by atoms with van der Waals surface area (Å²) in [5.74, 6) is 0.889. The van der Waals surface area contributed by atoms with Crippen molar-refractivity contribution in [3.05, 3.63) is 12.7 Å². The fraction of sp³-hybridized carbons (Fsp3) is 0.333. The molecular formula is C3H7F6PS. The Morgan fingerprint density at radius 2 is 1.18 bits per heavy atom. The molecule has 72 valence electrons. The zero-order chi connectivity index (χ0) is 9.82. The van der Waals surface area contributed by atoms with Crippen LogP contribution < -0.4 is 0 Å². The van der Waals surface area contributed by atoms with Gasteiger partial charge in [-0.15, -0.1) is 0 Å². The normalized spacial score (nSPS) is 17.0. The summed E-state index contributed by atoms with van der Waals surface area (Å²) in [5, 5.41) is 0. The van der Waals surface area contributed by atoms with Crippen LogP contribution in [-0.4, -0.2) is 5.75 Å². The quantitative estimate of drug-likeness (QED) is 0.274. The van der Waals surface area contributed by atoms with Gasteiger partial charge in [-0.2, -0.15) is 0 Å². The van der Waals surface area contributed by atoms with Gasteiger partial charge in [-0.1, -0.05) is 6.58 Å². The van der Waals surface area contributed by atoms with Crippen molar-refractivity contribution in [2.45, 2.75) is 0 Å². The van der Waals surface area contributed by atoms with Gasteiger partial charge in [-0.25, -0.2) is 0 Å². The van der Waals surface area contributed by atoms with E-state index in [1.165, 1.54) is 0 Å². The summed E-state index contributed by atoms with van der Waals surface area (Å²) < 4.78 is 59.2. The molecule has 0 saturated heterocycles. The molecule has 0 radical (unpaired) electrons. The maximum absolute atomic E-state index is 10.7. The molecule has 0 aromatic carbocycles. The van der Waals surface area contributed by atoms with Gasteiger partial charge in [0, 0.05) is 0 Å². The van der Waals surface area contributed by atoms with Crippen molar-refractivity contribution in [2.75, 3.05) is 5.75 Å². The van der Waals surface area contributed by atoms with E-state index in [0.29, 0.717) is 0 Å². The minimum atomic E-state index is -10.7. The van der Waals surface area contributed by atoms with E-state index in [2.05, 4.69) is 19.2 Å². The molecule has 0 fully saturated rings. The Morgan fingerprint density at radius 1 is 1.09 bits per heavy atom. The van der Waals surface area contributed by atoms with Crippen molar-refractivity contribution < 1.29 is 25.2 Å². The van der Waals surface area contributed by atoms with Crippen LogP contribution in [-0.2, 0) is 12.6 Å². The summed E-state index contributed by atoms with van der Waals surface area (Å²) in [6.45, 7) is 3.43. The van der Waals surface area contributed by atoms with E-state index in [1.807, 2.05) is 0 Å². The molecule has 0 nitrogen and oxygen atoms in total. The standard InChI is InChI=1S/C3H6S.F6P/c1-2-3-4;1-7(2,3,4,5)6/h2,4H,1,3H2;/q;-1/p+1. The van der Waals surface area contributed by atoms with Crippen LogP contribution in [0.1, 0.15) is 0 Å². The number of hydrogen-bond donors (Lipinski definition) is 0. The Balaban J connectivity index is 0. The number of hydrogen-bond acceptors (Lipinski definition) is 0. The SMILES string of the molecule is C=CC[SH2+].F[P-](F)(F)(F)(F)F. The van der Waals surface area contributed by atoms with Gasteiger partial charge in [0.05, 0.1) is 0 Å².